The molecule has 1 aromatic heterocycles. The predicted molar refractivity (Wildman–Crippen MR) is 64.1 cm³/mol. The Balaban J connectivity index is 2.25. The molecule has 4 nitrogen and oxygen atoms in total. The number of carbonyl (C=O) groups is 1. The summed E-state index contributed by atoms with van der Waals surface area (Å²) < 4.78 is 9.99. The van der Waals surface area contributed by atoms with Gasteiger partial charge in [-0.3, -0.25) is 4.79 Å². The molecule has 2 rings (SSSR count). The van der Waals surface area contributed by atoms with Crippen LogP contribution in [0.5, 0.6) is 5.75 Å². The minimum atomic E-state index is -0.0530. The van der Waals surface area contributed by atoms with Crippen molar-refractivity contribution in [3.8, 4) is 5.75 Å². The van der Waals surface area contributed by atoms with Crippen molar-refractivity contribution < 1.29 is 13.9 Å². The third-order valence-corrected chi connectivity index (χ3v) is 2.53. The largest absolute Gasteiger partial charge is 0.495 e. The molecule has 0 saturated heterocycles. The van der Waals surface area contributed by atoms with Crippen molar-refractivity contribution in [1.82, 2.24) is 0 Å². The Bertz CT molecular complexity index is 517. The Morgan fingerprint density at radius 1 is 1.41 bits per heavy atom. The van der Waals surface area contributed by atoms with Gasteiger partial charge >= 0.3 is 0 Å². The van der Waals surface area contributed by atoms with E-state index in [9.17, 15) is 4.79 Å². The molecule has 0 radical (unpaired) electrons. The van der Waals surface area contributed by atoms with Crippen molar-refractivity contribution in [2.45, 2.75) is 6.42 Å². The summed E-state index contributed by atoms with van der Waals surface area (Å²) in [5.74, 6) is 0.464. The summed E-state index contributed by atoms with van der Waals surface area (Å²) >= 11 is 0. The topological polar surface area (TPSA) is 65.5 Å². The summed E-state index contributed by atoms with van der Waals surface area (Å²) in [5, 5.41) is 0. The molecule has 2 N–H and O–H groups in total. The summed E-state index contributed by atoms with van der Waals surface area (Å²) in [7, 11) is 1.52. The maximum atomic E-state index is 12.0. The minimum Gasteiger partial charge on any atom is -0.495 e. The molecule has 0 aliphatic rings. The fourth-order valence-electron chi connectivity index (χ4n) is 1.64. The lowest BCUT2D eigenvalue weighted by Gasteiger charge is -2.08. The first-order valence-electron chi connectivity index (χ1n) is 5.19. The second kappa shape index (κ2) is 4.74. The molecule has 1 aromatic carbocycles. The average molecular weight is 231 g/mol. The van der Waals surface area contributed by atoms with E-state index in [0.717, 1.165) is 5.56 Å². The van der Waals surface area contributed by atoms with E-state index in [2.05, 4.69) is 0 Å². The van der Waals surface area contributed by atoms with Crippen LogP contribution in [0.4, 0.5) is 5.69 Å². The average Bonchev–Trinajstić information content (AvgIpc) is 2.82. The van der Waals surface area contributed by atoms with Crippen molar-refractivity contribution in [2.24, 2.45) is 0 Å². The summed E-state index contributed by atoms with van der Waals surface area (Å²) in [6.07, 6.45) is 3.36. The highest BCUT2D eigenvalue weighted by atomic mass is 16.5. The molecule has 0 amide bonds. The Morgan fingerprint density at radius 2 is 2.24 bits per heavy atom. The van der Waals surface area contributed by atoms with Crippen molar-refractivity contribution in [3.63, 3.8) is 0 Å². The first kappa shape index (κ1) is 11.3. The number of rotatable bonds is 4. The Hall–Kier alpha value is -2.23. The maximum absolute atomic E-state index is 12.0. The van der Waals surface area contributed by atoms with Crippen LogP contribution in [0.15, 0.2) is 41.2 Å². The van der Waals surface area contributed by atoms with Gasteiger partial charge in [-0.1, -0.05) is 6.07 Å². The summed E-state index contributed by atoms with van der Waals surface area (Å²) in [6, 6.07) is 6.93. The molecule has 0 aliphatic heterocycles. The molecule has 2 aromatic rings. The molecule has 0 saturated carbocycles. The van der Waals surface area contributed by atoms with Gasteiger partial charge in [-0.15, -0.1) is 0 Å². The Morgan fingerprint density at radius 3 is 2.88 bits per heavy atom. The number of Topliss-reactive ketones (excluding diaryl/α,β-unsaturated/α-hetero) is 1. The van der Waals surface area contributed by atoms with Crippen molar-refractivity contribution >= 4 is 11.5 Å². The van der Waals surface area contributed by atoms with Crippen molar-refractivity contribution in [2.75, 3.05) is 12.8 Å². The number of anilines is 1. The molecule has 0 atom stereocenters. The molecule has 17 heavy (non-hydrogen) atoms. The van der Waals surface area contributed by atoms with Crippen LogP contribution in [-0.2, 0) is 6.42 Å². The summed E-state index contributed by atoms with van der Waals surface area (Å²) in [6.45, 7) is 0. The SMILES string of the molecule is COc1cccc(C(=O)Cc2ccoc2)c1N. The van der Waals surface area contributed by atoms with Crippen LogP contribution < -0.4 is 10.5 Å². The standard InChI is InChI=1S/C13H13NO3/c1-16-12-4-2-3-10(13(12)14)11(15)7-9-5-6-17-8-9/h2-6,8H,7,14H2,1H3. The quantitative estimate of drug-likeness (QED) is 0.647. The fourth-order valence-corrected chi connectivity index (χ4v) is 1.64. The third kappa shape index (κ3) is 2.30. The normalized spacial score (nSPS) is 10.2. The number of hydrogen-bond acceptors (Lipinski definition) is 4. The molecule has 1 heterocycles. The fraction of sp³-hybridized carbons (Fsp3) is 0.154. The number of nitrogens with two attached hydrogens (primary N) is 1. The monoisotopic (exact) mass is 231 g/mol. The van der Waals surface area contributed by atoms with E-state index in [1.807, 2.05) is 0 Å². The van der Waals surface area contributed by atoms with Gasteiger partial charge in [0, 0.05) is 12.0 Å². The first-order valence-corrected chi connectivity index (χ1v) is 5.19. The molecule has 4 heteroatoms. The smallest absolute Gasteiger partial charge is 0.169 e. The number of ketones is 1. The first-order chi connectivity index (χ1) is 8.22. The molecule has 88 valence electrons. The number of benzene rings is 1. The van der Waals surface area contributed by atoms with E-state index in [1.165, 1.54) is 13.4 Å². The van der Waals surface area contributed by atoms with Gasteiger partial charge in [0.25, 0.3) is 0 Å². The number of furan rings is 1. The highest BCUT2D eigenvalue weighted by Gasteiger charge is 2.13. The Kier molecular flexibility index (Phi) is 3.14. The van der Waals surface area contributed by atoms with E-state index in [0.29, 0.717) is 17.0 Å². The van der Waals surface area contributed by atoms with Gasteiger partial charge in [-0.25, -0.2) is 0 Å². The number of hydrogen-bond donors (Lipinski definition) is 1. The number of ether oxygens (including phenoxy) is 1. The lowest BCUT2D eigenvalue weighted by molar-refractivity contribution is 0.0993. The van der Waals surface area contributed by atoms with E-state index in [4.69, 9.17) is 14.9 Å². The van der Waals surface area contributed by atoms with Crippen LogP contribution in [-0.4, -0.2) is 12.9 Å². The zero-order valence-electron chi connectivity index (χ0n) is 9.47. The van der Waals surface area contributed by atoms with Crippen LogP contribution in [0.25, 0.3) is 0 Å². The van der Waals surface area contributed by atoms with Crippen LogP contribution in [0, 0.1) is 0 Å². The molecule has 0 unspecified atom stereocenters. The number of para-hydroxylation sites is 1. The van der Waals surface area contributed by atoms with Gasteiger partial charge in [0.05, 0.1) is 25.3 Å². The highest BCUT2D eigenvalue weighted by molar-refractivity contribution is 6.02. The second-order valence-corrected chi connectivity index (χ2v) is 3.65. The lowest BCUT2D eigenvalue weighted by atomic mass is 10.0. The zero-order chi connectivity index (χ0) is 12.3. The van der Waals surface area contributed by atoms with Gasteiger partial charge < -0.3 is 14.9 Å². The van der Waals surface area contributed by atoms with Crippen molar-refractivity contribution in [1.29, 1.82) is 0 Å². The van der Waals surface area contributed by atoms with Gasteiger partial charge in [0.2, 0.25) is 0 Å². The van der Waals surface area contributed by atoms with E-state index < -0.39 is 0 Å². The van der Waals surface area contributed by atoms with Crippen molar-refractivity contribution in [3.05, 3.63) is 47.9 Å². The zero-order valence-corrected chi connectivity index (χ0v) is 9.47. The maximum Gasteiger partial charge on any atom is 0.169 e. The number of nitrogen functional groups attached to an aromatic ring is 1. The second-order valence-electron chi connectivity index (χ2n) is 3.65. The van der Waals surface area contributed by atoms with E-state index in [-0.39, 0.29) is 12.2 Å². The van der Waals surface area contributed by atoms with Crippen LogP contribution >= 0.6 is 0 Å². The van der Waals surface area contributed by atoms with Crippen LogP contribution in [0.2, 0.25) is 0 Å². The van der Waals surface area contributed by atoms with E-state index >= 15 is 0 Å². The van der Waals surface area contributed by atoms with E-state index in [1.54, 1.807) is 30.5 Å². The summed E-state index contributed by atoms with van der Waals surface area (Å²) in [5.41, 5.74) is 7.54. The molecule has 0 aliphatic carbocycles. The molecule has 0 bridgehead atoms. The molecular formula is C13H13NO3. The number of carbonyl (C=O) groups excluding carboxylic acids is 1. The lowest BCUT2D eigenvalue weighted by Crippen LogP contribution is -2.07. The highest BCUT2D eigenvalue weighted by Crippen LogP contribution is 2.25. The van der Waals surface area contributed by atoms with Gasteiger partial charge in [-0.2, -0.15) is 0 Å². The molecular weight excluding hydrogens is 218 g/mol. The van der Waals surface area contributed by atoms with Gasteiger partial charge in [0.15, 0.2) is 5.78 Å². The minimum absolute atomic E-state index is 0.0530. The summed E-state index contributed by atoms with van der Waals surface area (Å²) in [4.78, 5) is 12.0. The van der Waals surface area contributed by atoms with Gasteiger partial charge in [0.1, 0.15) is 5.75 Å². The predicted octanol–water partition coefficient (Wildman–Crippen LogP) is 2.30. The molecule has 0 spiro atoms. The third-order valence-electron chi connectivity index (χ3n) is 2.53. The Labute approximate surface area is 99.0 Å². The molecule has 0 fully saturated rings. The van der Waals surface area contributed by atoms with Crippen LogP contribution in [0.1, 0.15) is 15.9 Å². The van der Waals surface area contributed by atoms with Crippen LogP contribution in [0.3, 0.4) is 0 Å². The van der Waals surface area contributed by atoms with Gasteiger partial charge in [-0.05, 0) is 23.8 Å². The number of methoxy groups -OCH3 is 1.